The molecule has 0 aliphatic heterocycles. The number of aromatic nitrogens is 1. The van der Waals surface area contributed by atoms with Gasteiger partial charge in [0.15, 0.2) is 0 Å². The van der Waals surface area contributed by atoms with E-state index in [1.54, 1.807) is 18.2 Å². The molecule has 3 aromatic rings. The van der Waals surface area contributed by atoms with Crippen molar-refractivity contribution < 1.29 is 19.0 Å². The van der Waals surface area contributed by atoms with Gasteiger partial charge in [0.2, 0.25) is 0 Å². The van der Waals surface area contributed by atoms with Crippen LogP contribution < -0.4 is 14.8 Å². The normalized spacial score (nSPS) is 11.6. The summed E-state index contributed by atoms with van der Waals surface area (Å²) in [5.74, 6) is 1.93. The molecule has 1 amide bonds. The van der Waals surface area contributed by atoms with Gasteiger partial charge in [0.25, 0.3) is 5.91 Å². The summed E-state index contributed by atoms with van der Waals surface area (Å²) < 4.78 is 17.1. The number of ether oxygens (including phenoxy) is 3. The molecule has 6 heteroatoms. The van der Waals surface area contributed by atoms with Crippen LogP contribution in [0.1, 0.15) is 55.0 Å². The molecule has 6 nitrogen and oxygen atoms in total. The van der Waals surface area contributed by atoms with Crippen LogP contribution in [0.5, 0.6) is 17.2 Å². The highest BCUT2D eigenvalue weighted by Crippen LogP contribution is 2.26. The van der Waals surface area contributed by atoms with E-state index in [0.29, 0.717) is 41.7 Å². The summed E-state index contributed by atoms with van der Waals surface area (Å²) in [6.07, 6.45) is 0.840. The lowest BCUT2D eigenvalue weighted by Crippen LogP contribution is -2.15. The number of rotatable bonds is 10. The van der Waals surface area contributed by atoms with E-state index in [4.69, 9.17) is 14.2 Å². The third kappa shape index (κ3) is 6.31. The Labute approximate surface area is 189 Å². The lowest BCUT2D eigenvalue weighted by molar-refractivity contribution is 0.0732. The van der Waals surface area contributed by atoms with Crippen LogP contribution in [0, 0.1) is 6.92 Å². The second-order valence-electron chi connectivity index (χ2n) is 7.37. The van der Waals surface area contributed by atoms with E-state index in [9.17, 15) is 4.79 Å². The summed E-state index contributed by atoms with van der Waals surface area (Å²) in [6, 6.07) is 18.4. The number of carbonyl (C=O) groups excluding carboxylic acids is 1. The number of pyridine rings is 1. The van der Waals surface area contributed by atoms with Crippen molar-refractivity contribution in [3.05, 3.63) is 77.6 Å². The molecule has 0 bridgehead atoms. The molecule has 168 valence electrons. The molecule has 1 unspecified atom stereocenters. The maximum atomic E-state index is 12.7. The number of carbonyl (C=O) groups is 1. The number of hydrogen-bond acceptors (Lipinski definition) is 5. The second kappa shape index (κ2) is 11.3. The average molecular weight is 435 g/mol. The molecule has 32 heavy (non-hydrogen) atoms. The van der Waals surface area contributed by atoms with E-state index < -0.39 is 0 Å². The van der Waals surface area contributed by atoms with Gasteiger partial charge in [-0.05, 0) is 75.7 Å². The van der Waals surface area contributed by atoms with Gasteiger partial charge in [0.1, 0.15) is 17.2 Å². The Morgan fingerprint density at radius 3 is 2.44 bits per heavy atom. The summed E-state index contributed by atoms with van der Waals surface area (Å²) >= 11 is 0. The summed E-state index contributed by atoms with van der Waals surface area (Å²) in [5, 5.41) is 2.91. The smallest absolute Gasteiger partial charge is 0.257 e. The maximum Gasteiger partial charge on any atom is 0.257 e. The van der Waals surface area contributed by atoms with Crippen molar-refractivity contribution in [3.63, 3.8) is 0 Å². The van der Waals surface area contributed by atoms with Crippen molar-refractivity contribution in [3.8, 4) is 17.2 Å². The summed E-state index contributed by atoms with van der Waals surface area (Å²) in [5.41, 5.74) is 2.68. The Balaban J connectivity index is 1.62. The number of nitrogens with zero attached hydrogens (tertiary/aromatic N) is 1. The first-order valence-corrected chi connectivity index (χ1v) is 10.9. The molecule has 1 atom stereocenters. The lowest BCUT2D eigenvalue weighted by Gasteiger charge is -2.14. The van der Waals surface area contributed by atoms with Gasteiger partial charge in [-0.25, -0.2) is 0 Å². The van der Waals surface area contributed by atoms with Gasteiger partial charge < -0.3 is 19.5 Å². The highest BCUT2D eigenvalue weighted by atomic mass is 16.5. The Bertz CT molecular complexity index is 1030. The van der Waals surface area contributed by atoms with Crippen LogP contribution >= 0.6 is 0 Å². The van der Waals surface area contributed by atoms with Gasteiger partial charge in [0.05, 0.1) is 29.7 Å². The number of nitrogens with one attached hydrogen (secondary N) is 1. The molecule has 0 spiro atoms. The average Bonchev–Trinajstić information content (AvgIpc) is 2.79. The standard InChI is InChI=1S/C26H30N2O4/c1-5-16-31-22-8-7-9-23(17-22)32-21-12-10-20(11-13-21)28-26(29)24-14-15-25(27-18(24)3)19(4)30-6-2/h7-15,17,19H,5-6,16H2,1-4H3,(H,28,29). The van der Waals surface area contributed by atoms with E-state index in [-0.39, 0.29) is 12.0 Å². The molecule has 0 fully saturated rings. The molecular weight excluding hydrogens is 404 g/mol. The lowest BCUT2D eigenvalue weighted by atomic mass is 10.1. The molecule has 1 N–H and O–H groups in total. The first kappa shape index (κ1) is 23.3. The van der Waals surface area contributed by atoms with Crippen LogP contribution in [0.4, 0.5) is 5.69 Å². The molecule has 2 aromatic carbocycles. The number of anilines is 1. The van der Waals surface area contributed by atoms with E-state index in [0.717, 1.165) is 17.9 Å². The van der Waals surface area contributed by atoms with Gasteiger partial charge in [0, 0.05) is 18.4 Å². The predicted octanol–water partition coefficient (Wildman–Crippen LogP) is 6.32. The van der Waals surface area contributed by atoms with Crippen LogP contribution in [0.3, 0.4) is 0 Å². The fraction of sp³-hybridized carbons (Fsp3) is 0.308. The number of benzene rings is 2. The van der Waals surface area contributed by atoms with Crippen molar-refractivity contribution in [1.82, 2.24) is 4.98 Å². The van der Waals surface area contributed by atoms with Crippen molar-refractivity contribution in [1.29, 1.82) is 0 Å². The fourth-order valence-electron chi connectivity index (χ4n) is 3.17. The van der Waals surface area contributed by atoms with Gasteiger partial charge in [-0.1, -0.05) is 13.0 Å². The van der Waals surface area contributed by atoms with Crippen LogP contribution in [0.15, 0.2) is 60.7 Å². The molecular formula is C26H30N2O4. The third-order valence-corrected chi connectivity index (χ3v) is 4.81. The molecule has 0 aliphatic rings. The summed E-state index contributed by atoms with van der Waals surface area (Å²) in [7, 11) is 0. The third-order valence-electron chi connectivity index (χ3n) is 4.81. The monoisotopic (exact) mass is 434 g/mol. The zero-order chi connectivity index (χ0) is 22.9. The van der Waals surface area contributed by atoms with Crippen LogP contribution in [0.2, 0.25) is 0 Å². The summed E-state index contributed by atoms with van der Waals surface area (Å²) in [4.78, 5) is 17.2. The second-order valence-corrected chi connectivity index (χ2v) is 7.37. The van der Waals surface area contributed by atoms with Gasteiger partial charge in [-0.2, -0.15) is 0 Å². The topological polar surface area (TPSA) is 69.7 Å². The number of hydrogen-bond donors (Lipinski definition) is 1. The van der Waals surface area contributed by atoms with Crippen molar-refractivity contribution in [2.24, 2.45) is 0 Å². The van der Waals surface area contributed by atoms with Crippen molar-refractivity contribution in [2.45, 2.75) is 40.2 Å². The van der Waals surface area contributed by atoms with Gasteiger partial charge >= 0.3 is 0 Å². The van der Waals surface area contributed by atoms with E-state index >= 15 is 0 Å². The van der Waals surface area contributed by atoms with Crippen LogP contribution in [-0.4, -0.2) is 24.1 Å². The molecule has 1 heterocycles. The highest BCUT2D eigenvalue weighted by molar-refractivity contribution is 6.05. The molecule has 0 aliphatic carbocycles. The van der Waals surface area contributed by atoms with Crippen LogP contribution in [0.25, 0.3) is 0 Å². The minimum absolute atomic E-state index is 0.109. The SMILES string of the molecule is CCCOc1cccc(Oc2ccc(NC(=O)c3ccc(C(C)OCC)nc3C)cc2)c1. The predicted molar refractivity (Wildman–Crippen MR) is 126 cm³/mol. The summed E-state index contributed by atoms with van der Waals surface area (Å²) in [6.45, 7) is 9.07. The zero-order valence-corrected chi connectivity index (χ0v) is 19.1. The number of amides is 1. The Hall–Kier alpha value is -3.38. The van der Waals surface area contributed by atoms with Gasteiger partial charge in [-0.3, -0.25) is 9.78 Å². The quantitative estimate of drug-likeness (QED) is 0.404. The van der Waals surface area contributed by atoms with Crippen molar-refractivity contribution >= 4 is 11.6 Å². The minimum Gasteiger partial charge on any atom is -0.493 e. The first-order valence-electron chi connectivity index (χ1n) is 10.9. The number of aryl methyl sites for hydroxylation is 1. The zero-order valence-electron chi connectivity index (χ0n) is 19.1. The first-order chi connectivity index (χ1) is 15.5. The van der Waals surface area contributed by atoms with E-state index in [1.807, 2.05) is 63.2 Å². The fourth-order valence-corrected chi connectivity index (χ4v) is 3.17. The van der Waals surface area contributed by atoms with E-state index in [1.165, 1.54) is 0 Å². The van der Waals surface area contributed by atoms with E-state index in [2.05, 4.69) is 17.2 Å². The van der Waals surface area contributed by atoms with Crippen LogP contribution in [-0.2, 0) is 4.74 Å². The Morgan fingerprint density at radius 1 is 1.00 bits per heavy atom. The minimum atomic E-state index is -0.208. The molecule has 1 aromatic heterocycles. The van der Waals surface area contributed by atoms with Crippen molar-refractivity contribution in [2.75, 3.05) is 18.5 Å². The largest absolute Gasteiger partial charge is 0.493 e. The molecule has 0 saturated heterocycles. The maximum absolute atomic E-state index is 12.7. The Morgan fingerprint density at radius 2 is 1.75 bits per heavy atom. The molecule has 0 radical (unpaired) electrons. The molecule has 3 rings (SSSR count). The molecule has 0 saturated carbocycles. The highest BCUT2D eigenvalue weighted by Gasteiger charge is 2.14. The van der Waals surface area contributed by atoms with Gasteiger partial charge in [-0.15, -0.1) is 0 Å². The Kier molecular flexibility index (Phi) is 8.22.